The molecule has 2 aliphatic carbocycles. The van der Waals surface area contributed by atoms with Gasteiger partial charge in [-0.15, -0.1) is 0 Å². The summed E-state index contributed by atoms with van der Waals surface area (Å²) < 4.78 is 33.5. The van der Waals surface area contributed by atoms with E-state index in [-0.39, 0.29) is 11.6 Å². The quantitative estimate of drug-likeness (QED) is 0.120. The molecule has 0 N–H and O–H groups in total. The van der Waals surface area contributed by atoms with Gasteiger partial charge in [-0.25, -0.2) is 8.78 Å². The molecule has 0 fully saturated rings. The summed E-state index contributed by atoms with van der Waals surface area (Å²) in [6.07, 6.45) is 3.76. The molecule has 0 saturated heterocycles. The molecular formula is C76H58F2N2. The number of nitrogens with zero attached hydrogens (tertiary/aromatic N) is 2. The number of fused-ring (bicyclic) bond motifs is 6. The molecule has 2 nitrogen and oxygen atoms in total. The summed E-state index contributed by atoms with van der Waals surface area (Å²) in [4.78, 5) is 4.01. The standard InChI is InChI=1S/C76H58F2N2/c1-7-53-29-33-55(34-30-53)75(67-45-49(3)25-27-51(67)5)65-19-11-9-17-61(65)63-43-41-59(47-69(63)75)79(73-23-15-13-21-71(73)77)57-37-39-58(40-38-57)80(74-24-16-14-22-72(74)78)60-42-44-64-62-18-10-12-20-66(62)76(70(64)48-60,56-35-31-54(8-2)32-36-56)68-46-50(4)26-28-52(68)6/h7-48H,1-2H2,3-6H3. The van der Waals surface area contributed by atoms with Gasteiger partial charge in [0.1, 0.15) is 11.6 Å². The predicted octanol–water partition coefficient (Wildman–Crippen LogP) is 20.2. The highest BCUT2D eigenvalue weighted by atomic mass is 19.1. The highest BCUT2D eigenvalue weighted by Crippen LogP contribution is 2.60. The first-order chi connectivity index (χ1) is 39.0. The lowest BCUT2D eigenvalue weighted by Gasteiger charge is -2.36. The molecule has 4 heteroatoms. The van der Waals surface area contributed by atoms with Gasteiger partial charge in [-0.1, -0.05) is 206 Å². The predicted molar refractivity (Wildman–Crippen MR) is 329 cm³/mol. The lowest BCUT2D eigenvalue weighted by Crippen LogP contribution is -2.30. The Morgan fingerprint density at radius 3 is 1.06 bits per heavy atom. The van der Waals surface area contributed by atoms with Gasteiger partial charge >= 0.3 is 0 Å². The van der Waals surface area contributed by atoms with Crippen molar-refractivity contribution in [2.24, 2.45) is 0 Å². The Bertz CT molecular complexity index is 3970. The third kappa shape index (κ3) is 7.73. The zero-order valence-corrected chi connectivity index (χ0v) is 45.3. The van der Waals surface area contributed by atoms with E-state index < -0.39 is 10.8 Å². The van der Waals surface area contributed by atoms with E-state index in [4.69, 9.17) is 0 Å². The van der Waals surface area contributed by atoms with Crippen molar-refractivity contribution in [3.05, 3.63) is 345 Å². The molecule has 0 amide bonds. The first kappa shape index (κ1) is 49.9. The van der Waals surface area contributed by atoms with E-state index in [1.807, 2.05) is 70.5 Å². The van der Waals surface area contributed by atoms with Crippen LogP contribution in [-0.4, -0.2) is 0 Å². The van der Waals surface area contributed by atoms with Crippen molar-refractivity contribution in [1.82, 2.24) is 0 Å². The summed E-state index contributed by atoms with van der Waals surface area (Å²) >= 11 is 0. The van der Waals surface area contributed by atoms with Crippen molar-refractivity contribution in [3.63, 3.8) is 0 Å². The molecule has 0 radical (unpaired) electrons. The number of anilines is 6. The number of benzene rings is 11. The SMILES string of the molecule is C=Cc1ccc(C2(c3cc(C)ccc3C)c3ccccc3-c3ccc(N(c4ccc(N(c5ccc6c(c5)C(c5ccc(C=C)cc5)(c5cc(C)ccc5C)c5ccccc5-6)c5ccccc5F)cc4)c4ccccc4F)cc32)cc1. The summed E-state index contributed by atoms with van der Waals surface area (Å²) in [6.45, 7) is 16.8. The molecular weight excluding hydrogens is 979 g/mol. The topological polar surface area (TPSA) is 6.48 Å². The molecule has 0 aromatic heterocycles. The number of hydrogen-bond acceptors (Lipinski definition) is 2. The zero-order chi connectivity index (χ0) is 54.9. The molecule has 0 spiro atoms. The van der Waals surface area contributed by atoms with Crippen LogP contribution < -0.4 is 9.80 Å². The maximum absolute atomic E-state index is 16.7. The molecule has 0 bridgehead atoms. The first-order valence-electron chi connectivity index (χ1n) is 27.3. The molecule has 0 saturated carbocycles. The van der Waals surface area contributed by atoms with Crippen LogP contribution in [-0.2, 0) is 10.8 Å². The Morgan fingerprint density at radius 1 is 0.325 bits per heavy atom. The van der Waals surface area contributed by atoms with Crippen LogP contribution in [0.5, 0.6) is 0 Å². The fourth-order valence-corrected chi connectivity index (χ4v) is 13.2. The monoisotopic (exact) mass is 1040 g/mol. The van der Waals surface area contributed by atoms with Gasteiger partial charge in [0, 0.05) is 22.7 Å². The van der Waals surface area contributed by atoms with Gasteiger partial charge in [-0.2, -0.15) is 0 Å². The lowest BCUT2D eigenvalue weighted by atomic mass is 9.66. The molecule has 2 unspecified atom stereocenters. The molecule has 80 heavy (non-hydrogen) atoms. The fraction of sp³-hybridized carbons (Fsp3) is 0.0789. The summed E-state index contributed by atoms with van der Waals surface area (Å²) in [5.74, 6) is -0.723. The number of rotatable bonds is 12. The Balaban J connectivity index is 1.00. The zero-order valence-electron chi connectivity index (χ0n) is 45.3. The molecule has 0 heterocycles. The molecule has 13 rings (SSSR count). The summed E-state index contributed by atoms with van der Waals surface area (Å²) in [7, 11) is 0. The third-order valence-corrected chi connectivity index (χ3v) is 16.9. The molecule has 11 aromatic carbocycles. The number of hydrogen-bond donors (Lipinski definition) is 0. The third-order valence-electron chi connectivity index (χ3n) is 16.9. The molecule has 2 atom stereocenters. The van der Waals surface area contributed by atoms with Crippen molar-refractivity contribution < 1.29 is 8.78 Å². The highest BCUT2D eigenvalue weighted by Gasteiger charge is 2.49. The van der Waals surface area contributed by atoms with Crippen LogP contribution in [0.2, 0.25) is 0 Å². The van der Waals surface area contributed by atoms with Gasteiger partial charge in [0.05, 0.1) is 22.2 Å². The van der Waals surface area contributed by atoms with Crippen LogP contribution in [0.4, 0.5) is 42.9 Å². The first-order valence-corrected chi connectivity index (χ1v) is 27.3. The largest absolute Gasteiger partial charge is 0.308 e. The van der Waals surface area contributed by atoms with Crippen LogP contribution in [0.25, 0.3) is 34.4 Å². The lowest BCUT2D eigenvalue weighted by molar-refractivity contribution is 0.628. The number of halogens is 2. The minimum absolute atomic E-state index is 0.361. The van der Waals surface area contributed by atoms with Crippen molar-refractivity contribution in [1.29, 1.82) is 0 Å². The minimum Gasteiger partial charge on any atom is -0.308 e. The van der Waals surface area contributed by atoms with Crippen LogP contribution in [0, 0.1) is 39.3 Å². The van der Waals surface area contributed by atoms with Crippen LogP contribution >= 0.6 is 0 Å². The summed E-state index contributed by atoms with van der Waals surface area (Å²) in [5, 5.41) is 0. The second kappa shape index (κ2) is 19.7. The second-order valence-electron chi connectivity index (χ2n) is 21.4. The van der Waals surface area contributed by atoms with Gasteiger partial charge < -0.3 is 9.80 Å². The fourth-order valence-electron chi connectivity index (χ4n) is 13.2. The maximum atomic E-state index is 16.7. The molecule has 11 aromatic rings. The molecule has 0 aliphatic heterocycles. The Hall–Kier alpha value is -9.64. The van der Waals surface area contributed by atoms with Crippen molar-refractivity contribution in [3.8, 4) is 22.3 Å². The van der Waals surface area contributed by atoms with E-state index in [0.29, 0.717) is 11.4 Å². The number of para-hydroxylation sites is 2. The van der Waals surface area contributed by atoms with Gasteiger partial charge in [-0.3, -0.25) is 0 Å². The van der Waals surface area contributed by atoms with Crippen molar-refractivity contribution in [2.75, 3.05) is 9.80 Å². The van der Waals surface area contributed by atoms with E-state index in [0.717, 1.165) is 89.5 Å². The normalized spacial score (nSPS) is 15.6. The van der Waals surface area contributed by atoms with Crippen molar-refractivity contribution in [2.45, 2.75) is 38.5 Å². The molecule has 386 valence electrons. The Labute approximate surface area is 468 Å². The van der Waals surface area contributed by atoms with E-state index in [1.165, 1.54) is 45.5 Å². The van der Waals surface area contributed by atoms with E-state index in [1.54, 1.807) is 12.1 Å². The molecule has 2 aliphatic rings. The van der Waals surface area contributed by atoms with Crippen LogP contribution in [0.1, 0.15) is 77.9 Å². The van der Waals surface area contributed by atoms with Gasteiger partial charge in [0.15, 0.2) is 0 Å². The van der Waals surface area contributed by atoms with Gasteiger partial charge in [0.25, 0.3) is 0 Å². The Morgan fingerprint density at radius 2 is 0.675 bits per heavy atom. The smallest absolute Gasteiger partial charge is 0.147 e. The van der Waals surface area contributed by atoms with Crippen molar-refractivity contribution >= 4 is 46.3 Å². The maximum Gasteiger partial charge on any atom is 0.147 e. The average molecular weight is 1040 g/mol. The second-order valence-corrected chi connectivity index (χ2v) is 21.4. The summed E-state index contributed by atoms with van der Waals surface area (Å²) in [5.41, 5.74) is 22.9. The summed E-state index contributed by atoms with van der Waals surface area (Å²) in [6, 6.07) is 83.5. The average Bonchev–Trinajstić information content (AvgIpc) is 4.18. The number of aryl methyl sites for hydroxylation is 4. The van der Waals surface area contributed by atoms with E-state index in [9.17, 15) is 0 Å². The Kier molecular flexibility index (Phi) is 12.3. The van der Waals surface area contributed by atoms with Gasteiger partial charge in [-0.05, 0) is 190 Å². The van der Waals surface area contributed by atoms with Gasteiger partial charge in [0.2, 0.25) is 0 Å². The van der Waals surface area contributed by atoms with E-state index in [2.05, 4.69) is 211 Å². The van der Waals surface area contributed by atoms with Crippen LogP contribution in [0.3, 0.4) is 0 Å². The minimum atomic E-state index is -0.718. The van der Waals surface area contributed by atoms with E-state index >= 15 is 8.78 Å². The van der Waals surface area contributed by atoms with Crippen LogP contribution in [0.15, 0.2) is 256 Å². The highest BCUT2D eigenvalue weighted by molar-refractivity contribution is 5.92.